The molecule has 1 spiro atoms. The fraction of sp³-hybridized carbons (Fsp3) is 0.385. The third-order valence-corrected chi connectivity index (χ3v) is 6.56. The van der Waals surface area contributed by atoms with Crippen molar-refractivity contribution in [3.05, 3.63) is 83.9 Å². The number of imidazole rings is 1. The van der Waals surface area contributed by atoms with Crippen molar-refractivity contribution in [2.24, 2.45) is 0 Å². The Kier molecular flexibility index (Phi) is 5.70. The molecule has 5 rings (SSSR count). The molecule has 1 amide bonds. The topological polar surface area (TPSA) is 56.6 Å². The highest BCUT2D eigenvalue weighted by Crippen LogP contribution is 2.36. The lowest BCUT2D eigenvalue weighted by Crippen LogP contribution is -2.50. The second kappa shape index (κ2) is 8.79. The van der Waals surface area contributed by atoms with Crippen LogP contribution in [0, 0.1) is 6.92 Å². The largest absolute Gasteiger partial charge is 0.488 e. The zero-order valence-electron chi connectivity index (χ0n) is 18.4. The molecule has 0 bridgehead atoms. The number of aromatic nitrogens is 2. The summed E-state index contributed by atoms with van der Waals surface area (Å²) in [5.74, 6) is 1.88. The van der Waals surface area contributed by atoms with Crippen LogP contribution in [0.5, 0.6) is 5.75 Å². The molecule has 2 aromatic carbocycles. The van der Waals surface area contributed by atoms with Gasteiger partial charge in [0.05, 0.1) is 18.8 Å². The average Bonchev–Trinajstić information content (AvgIpc) is 3.40. The smallest absolute Gasteiger partial charge is 0.254 e. The second-order valence-corrected chi connectivity index (χ2v) is 8.84. The number of hydrogen-bond acceptors (Lipinski definition) is 4. The van der Waals surface area contributed by atoms with Gasteiger partial charge >= 0.3 is 0 Å². The Bertz CT molecular complexity index is 1080. The minimum Gasteiger partial charge on any atom is -0.488 e. The van der Waals surface area contributed by atoms with Gasteiger partial charge in [0.2, 0.25) is 0 Å². The molecule has 0 saturated carbocycles. The molecule has 2 aliphatic heterocycles. The van der Waals surface area contributed by atoms with Gasteiger partial charge in [0.1, 0.15) is 17.7 Å². The molecule has 32 heavy (non-hydrogen) atoms. The molecule has 0 unspecified atom stereocenters. The Morgan fingerprint density at radius 2 is 2.00 bits per heavy atom. The zero-order valence-corrected chi connectivity index (χ0v) is 18.4. The van der Waals surface area contributed by atoms with Crippen LogP contribution in [0.25, 0.3) is 0 Å². The first-order valence-corrected chi connectivity index (χ1v) is 11.3. The SMILES string of the molecule is Cc1nccn1Cc1ccccc1C(=O)N1CCC[C@]2(C[C@@H](Oc3ccccc3)CO2)C1. The van der Waals surface area contributed by atoms with Gasteiger partial charge in [-0.05, 0) is 43.5 Å². The van der Waals surface area contributed by atoms with Crippen molar-refractivity contribution in [3.63, 3.8) is 0 Å². The quantitative estimate of drug-likeness (QED) is 0.611. The van der Waals surface area contributed by atoms with Crippen LogP contribution in [-0.2, 0) is 11.3 Å². The summed E-state index contributed by atoms with van der Waals surface area (Å²) in [6, 6.07) is 17.8. The zero-order chi connectivity index (χ0) is 22.0. The van der Waals surface area contributed by atoms with E-state index in [9.17, 15) is 4.79 Å². The van der Waals surface area contributed by atoms with Crippen LogP contribution in [-0.4, -0.2) is 51.8 Å². The number of hydrogen-bond donors (Lipinski definition) is 0. The summed E-state index contributed by atoms with van der Waals surface area (Å²) < 4.78 is 14.5. The summed E-state index contributed by atoms with van der Waals surface area (Å²) in [6.45, 7) is 4.54. The summed E-state index contributed by atoms with van der Waals surface area (Å²) in [4.78, 5) is 19.8. The summed E-state index contributed by atoms with van der Waals surface area (Å²) in [5, 5.41) is 0. The molecule has 2 fully saturated rings. The minimum atomic E-state index is -0.316. The number of ether oxygens (including phenoxy) is 2. The lowest BCUT2D eigenvalue weighted by molar-refractivity contribution is -0.0453. The van der Waals surface area contributed by atoms with Crippen molar-refractivity contribution >= 4 is 5.91 Å². The van der Waals surface area contributed by atoms with Gasteiger partial charge in [0, 0.05) is 37.5 Å². The van der Waals surface area contributed by atoms with Crippen LogP contribution in [0.4, 0.5) is 0 Å². The fourth-order valence-electron chi connectivity index (χ4n) is 4.92. The molecule has 2 atom stereocenters. The van der Waals surface area contributed by atoms with Gasteiger partial charge in [0.25, 0.3) is 5.91 Å². The molecule has 6 heteroatoms. The van der Waals surface area contributed by atoms with E-state index in [-0.39, 0.29) is 17.6 Å². The van der Waals surface area contributed by atoms with E-state index >= 15 is 0 Å². The number of aryl methyl sites for hydroxylation is 1. The number of carbonyl (C=O) groups is 1. The third kappa shape index (κ3) is 4.28. The molecular weight excluding hydrogens is 402 g/mol. The van der Waals surface area contributed by atoms with E-state index in [1.54, 1.807) is 6.20 Å². The van der Waals surface area contributed by atoms with E-state index < -0.39 is 0 Å². The number of piperidine rings is 1. The van der Waals surface area contributed by atoms with Crippen LogP contribution in [0.1, 0.15) is 41.0 Å². The maximum atomic E-state index is 13.6. The highest BCUT2D eigenvalue weighted by molar-refractivity contribution is 5.95. The monoisotopic (exact) mass is 431 g/mol. The Morgan fingerprint density at radius 3 is 2.81 bits per heavy atom. The Balaban J connectivity index is 1.29. The number of nitrogens with zero attached hydrogens (tertiary/aromatic N) is 3. The van der Waals surface area contributed by atoms with Gasteiger partial charge in [-0.1, -0.05) is 36.4 Å². The molecule has 3 heterocycles. The molecule has 0 aliphatic carbocycles. The third-order valence-electron chi connectivity index (χ3n) is 6.56. The van der Waals surface area contributed by atoms with Gasteiger partial charge in [-0.2, -0.15) is 0 Å². The van der Waals surface area contributed by atoms with Gasteiger partial charge < -0.3 is 18.9 Å². The first kappa shape index (κ1) is 20.8. The first-order chi connectivity index (χ1) is 15.6. The highest BCUT2D eigenvalue weighted by atomic mass is 16.6. The van der Waals surface area contributed by atoms with Crippen LogP contribution in [0.15, 0.2) is 67.0 Å². The lowest BCUT2D eigenvalue weighted by Gasteiger charge is -2.39. The van der Waals surface area contributed by atoms with E-state index in [4.69, 9.17) is 9.47 Å². The molecule has 166 valence electrons. The maximum Gasteiger partial charge on any atom is 0.254 e. The maximum absolute atomic E-state index is 13.6. The second-order valence-electron chi connectivity index (χ2n) is 8.84. The van der Waals surface area contributed by atoms with Gasteiger partial charge in [-0.3, -0.25) is 4.79 Å². The lowest BCUT2D eigenvalue weighted by atomic mass is 9.88. The molecule has 0 radical (unpaired) electrons. The van der Waals surface area contributed by atoms with Gasteiger partial charge in [-0.15, -0.1) is 0 Å². The molecular formula is C26H29N3O3. The molecule has 0 N–H and O–H groups in total. The summed E-state index contributed by atoms with van der Waals surface area (Å²) in [5.41, 5.74) is 1.45. The number of likely N-dealkylation sites (tertiary alicyclic amines) is 1. The van der Waals surface area contributed by atoms with E-state index in [0.29, 0.717) is 19.7 Å². The van der Waals surface area contributed by atoms with Gasteiger partial charge in [-0.25, -0.2) is 4.98 Å². The molecule has 3 aromatic rings. The normalized spacial score (nSPS) is 22.9. The summed E-state index contributed by atoms with van der Waals surface area (Å²) >= 11 is 0. The molecule has 1 aromatic heterocycles. The first-order valence-electron chi connectivity index (χ1n) is 11.3. The van der Waals surface area contributed by atoms with Gasteiger partial charge in [0.15, 0.2) is 0 Å². The average molecular weight is 432 g/mol. The van der Waals surface area contributed by atoms with Crippen molar-refractivity contribution in [1.29, 1.82) is 0 Å². The van der Waals surface area contributed by atoms with Crippen LogP contribution in [0.3, 0.4) is 0 Å². The van der Waals surface area contributed by atoms with E-state index in [0.717, 1.165) is 48.5 Å². The summed E-state index contributed by atoms with van der Waals surface area (Å²) in [7, 11) is 0. The molecule has 2 aliphatic rings. The van der Waals surface area contributed by atoms with Crippen molar-refractivity contribution in [1.82, 2.24) is 14.5 Å². The van der Waals surface area contributed by atoms with Crippen molar-refractivity contribution < 1.29 is 14.3 Å². The van der Waals surface area contributed by atoms with Crippen molar-refractivity contribution in [3.8, 4) is 5.75 Å². The Morgan fingerprint density at radius 1 is 1.19 bits per heavy atom. The number of rotatable bonds is 5. The van der Waals surface area contributed by atoms with Crippen molar-refractivity contribution in [2.75, 3.05) is 19.7 Å². The summed E-state index contributed by atoms with van der Waals surface area (Å²) in [6.07, 6.45) is 6.46. The molecule has 2 saturated heterocycles. The predicted octanol–water partition coefficient (Wildman–Crippen LogP) is 4.08. The molecule has 6 nitrogen and oxygen atoms in total. The Labute approximate surface area is 188 Å². The van der Waals surface area contributed by atoms with E-state index in [1.807, 2.05) is 72.6 Å². The van der Waals surface area contributed by atoms with E-state index in [2.05, 4.69) is 9.55 Å². The Hall–Kier alpha value is -3.12. The van der Waals surface area contributed by atoms with Crippen LogP contribution < -0.4 is 4.74 Å². The van der Waals surface area contributed by atoms with Crippen LogP contribution in [0.2, 0.25) is 0 Å². The van der Waals surface area contributed by atoms with Crippen molar-refractivity contribution in [2.45, 2.75) is 44.4 Å². The van der Waals surface area contributed by atoms with Crippen LogP contribution >= 0.6 is 0 Å². The number of para-hydroxylation sites is 1. The minimum absolute atomic E-state index is 0.0176. The predicted molar refractivity (Wildman–Crippen MR) is 122 cm³/mol. The van der Waals surface area contributed by atoms with E-state index in [1.165, 1.54) is 0 Å². The standard InChI is InChI=1S/C26H29N3O3/c1-20-27-13-15-28(20)17-21-8-5-6-11-24(21)25(30)29-14-7-12-26(19-29)16-23(18-31-26)32-22-9-3-2-4-10-22/h2-6,8-11,13,15,23H,7,12,14,16-19H2,1H3/t23-,26+/m1/s1. The number of carbonyl (C=O) groups excluding carboxylic acids is 1. The number of benzene rings is 2. The number of amides is 1. The fourth-order valence-corrected chi connectivity index (χ4v) is 4.92. The highest BCUT2D eigenvalue weighted by Gasteiger charge is 2.45.